The van der Waals surface area contributed by atoms with E-state index in [-0.39, 0.29) is 17.9 Å². The van der Waals surface area contributed by atoms with Crippen molar-refractivity contribution in [2.24, 2.45) is 0 Å². The first kappa shape index (κ1) is 14.8. The van der Waals surface area contributed by atoms with Crippen LogP contribution in [-0.4, -0.2) is 40.1 Å². The molecule has 0 atom stereocenters. The number of carbonyl (C=O) groups is 2. The molecule has 2 aromatic rings. The maximum atomic E-state index is 12.4. The summed E-state index contributed by atoms with van der Waals surface area (Å²) < 4.78 is 0. The summed E-state index contributed by atoms with van der Waals surface area (Å²) in [6, 6.07) is 10.5. The fourth-order valence-corrected chi connectivity index (χ4v) is 2.28. The molecule has 0 unspecified atom stereocenters. The smallest absolute Gasteiger partial charge is 0.323 e. The van der Waals surface area contributed by atoms with Gasteiger partial charge in [0.15, 0.2) is 0 Å². The maximum absolute atomic E-state index is 12.4. The van der Waals surface area contributed by atoms with Crippen molar-refractivity contribution >= 4 is 22.6 Å². The standard InChI is InChI=1S/C16H17NO4/c1-2-9-17(10-14(18)19)16(21)13-8-7-11-5-3-4-6-12(11)15(13)20/h3-8,20H,2,9-10H2,1H3,(H,18,19). The van der Waals surface area contributed by atoms with Gasteiger partial charge in [-0.25, -0.2) is 0 Å². The molecular weight excluding hydrogens is 270 g/mol. The predicted molar refractivity (Wildman–Crippen MR) is 79.4 cm³/mol. The Morgan fingerprint density at radius 2 is 1.86 bits per heavy atom. The van der Waals surface area contributed by atoms with E-state index in [2.05, 4.69) is 0 Å². The van der Waals surface area contributed by atoms with Crippen LogP contribution in [0.15, 0.2) is 36.4 Å². The minimum atomic E-state index is -1.07. The van der Waals surface area contributed by atoms with Gasteiger partial charge < -0.3 is 15.1 Å². The Bertz CT molecular complexity index is 681. The number of aromatic hydroxyl groups is 1. The Morgan fingerprint density at radius 3 is 2.52 bits per heavy atom. The van der Waals surface area contributed by atoms with E-state index in [0.717, 1.165) is 5.39 Å². The first-order valence-corrected chi connectivity index (χ1v) is 6.76. The molecule has 2 N–H and O–H groups in total. The Hall–Kier alpha value is -2.56. The molecule has 0 fully saturated rings. The van der Waals surface area contributed by atoms with Gasteiger partial charge in [-0.2, -0.15) is 0 Å². The average Bonchev–Trinajstić information content (AvgIpc) is 2.46. The summed E-state index contributed by atoms with van der Waals surface area (Å²) in [6.07, 6.45) is 0.646. The summed E-state index contributed by atoms with van der Waals surface area (Å²) in [4.78, 5) is 24.5. The molecule has 0 spiro atoms. The van der Waals surface area contributed by atoms with Crippen molar-refractivity contribution in [2.75, 3.05) is 13.1 Å². The highest BCUT2D eigenvalue weighted by atomic mass is 16.4. The van der Waals surface area contributed by atoms with Crippen LogP contribution in [0.2, 0.25) is 0 Å². The van der Waals surface area contributed by atoms with Crippen molar-refractivity contribution in [1.82, 2.24) is 4.90 Å². The summed E-state index contributed by atoms with van der Waals surface area (Å²) in [5.74, 6) is -1.65. The number of benzene rings is 2. The van der Waals surface area contributed by atoms with Crippen LogP contribution < -0.4 is 0 Å². The van der Waals surface area contributed by atoms with E-state index in [1.54, 1.807) is 18.2 Å². The predicted octanol–water partition coefficient (Wildman–Crippen LogP) is 2.48. The summed E-state index contributed by atoms with van der Waals surface area (Å²) in [6.45, 7) is 1.82. The summed E-state index contributed by atoms with van der Waals surface area (Å²) in [5.41, 5.74) is 0.128. The molecule has 21 heavy (non-hydrogen) atoms. The van der Waals surface area contributed by atoms with Gasteiger partial charge in [-0.3, -0.25) is 9.59 Å². The van der Waals surface area contributed by atoms with E-state index < -0.39 is 11.9 Å². The van der Waals surface area contributed by atoms with Crippen molar-refractivity contribution in [2.45, 2.75) is 13.3 Å². The summed E-state index contributed by atoms with van der Waals surface area (Å²) >= 11 is 0. The van der Waals surface area contributed by atoms with Gasteiger partial charge in [0.2, 0.25) is 0 Å². The van der Waals surface area contributed by atoms with Crippen molar-refractivity contribution in [1.29, 1.82) is 0 Å². The fourth-order valence-electron chi connectivity index (χ4n) is 2.28. The highest BCUT2D eigenvalue weighted by Gasteiger charge is 2.21. The fraction of sp³-hybridized carbons (Fsp3) is 0.250. The highest BCUT2D eigenvalue weighted by Crippen LogP contribution is 2.29. The molecule has 5 nitrogen and oxygen atoms in total. The third kappa shape index (κ3) is 3.13. The van der Waals surface area contributed by atoms with Crippen LogP contribution in [0.1, 0.15) is 23.7 Å². The lowest BCUT2D eigenvalue weighted by Gasteiger charge is -2.20. The number of rotatable bonds is 5. The van der Waals surface area contributed by atoms with Gasteiger partial charge >= 0.3 is 5.97 Å². The van der Waals surface area contributed by atoms with E-state index in [1.807, 2.05) is 19.1 Å². The van der Waals surface area contributed by atoms with Gasteiger partial charge in [-0.05, 0) is 17.9 Å². The molecule has 0 aliphatic carbocycles. The number of phenolic OH excluding ortho intramolecular Hbond substituents is 1. The van der Waals surface area contributed by atoms with E-state index in [1.165, 1.54) is 11.0 Å². The summed E-state index contributed by atoms with van der Waals surface area (Å²) in [7, 11) is 0. The van der Waals surface area contributed by atoms with Crippen LogP contribution in [0.5, 0.6) is 5.75 Å². The third-order valence-corrected chi connectivity index (χ3v) is 3.24. The normalized spacial score (nSPS) is 10.5. The topological polar surface area (TPSA) is 77.8 Å². The van der Waals surface area contributed by atoms with Gasteiger partial charge in [0.1, 0.15) is 12.3 Å². The maximum Gasteiger partial charge on any atom is 0.323 e. The van der Waals surface area contributed by atoms with Crippen LogP contribution in [0.3, 0.4) is 0 Å². The lowest BCUT2D eigenvalue weighted by Crippen LogP contribution is -2.36. The second-order valence-electron chi connectivity index (χ2n) is 4.80. The van der Waals surface area contributed by atoms with Gasteiger partial charge in [0.25, 0.3) is 5.91 Å². The Morgan fingerprint density at radius 1 is 1.14 bits per heavy atom. The van der Waals surface area contributed by atoms with Crippen LogP contribution in [0, 0.1) is 0 Å². The van der Waals surface area contributed by atoms with Crippen LogP contribution >= 0.6 is 0 Å². The van der Waals surface area contributed by atoms with E-state index in [9.17, 15) is 14.7 Å². The molecule has 0 saturated carbocycles. The number of carbonyl (C=O) groups excluding carboxylic acids is 1. The van der Waals surface area contributed by atoms with Crippen molar-refractivity contribution in [3.05, 3.63) is 42.0 Å². The molecule has 0 heterocycles. The Labute approximate surface area is 122 Å². The zero-order valence-corrected chi connectivity index (χ0v) is 11.7. The number of carboxylic acids is 1. The number of hydrogen-bond donors (Lipinski definition) is 2. The molecule has 110 valence electrons. The molecule has 2 rings (SSSR count). The number of hydrogen-bond acceptors (Lipinski definition) is 3. The lowest BCUT2D eigenvalue weighted by atomic mass is 10.0. The van der Waals surface area contributed by atoms with Crippen LogP contribution in [-0.2, 0) is 4.79 Å². The first-order chi connectivity index (χ1) is 10.0. The van der Waals surface area contributed by atoms with E-state index >= 15 is 0 Å². The number of aliphatic carboxylic acids is 1. The monoisotopic (exact) mass is 287 g/mol. The molecule has 0 aliphatic rings. The molecule has 0 aliphatic heterocycles. The number of carboxylic acid groups (broad SMARTS) is 1. The van der Waals surface area contributed by atoms with E-state index in [0.29, 0.717) is 18.4 Å². The quantitative estimate of drug-likeness (QED) is 0.885. The van der Waals surface area contributed by atoms with Crippen molar-refractivity contribution < 1.29 is 19.8 Å². The molecule has 0 aromatic heterocycles. The molecule has 0 bridgehead atoms. The minimum Gasteiger partial charge on any atom is -0.506 e. The molecule has 0 radical (unpaired) electrons. The summed E-state index contributed by atoms with van der Waals surface area (Å²) in [5, 5.41) is 20.6. The van der Waals surface area contributed by atoms with Crippen molar-refractivity contribution in [3.8, 4) is 5.75 Å². The van der Waals surface area contributed by atoms with Gasteiger partial charge in [0.05, 0.1) is 5.56 Å². The Kier molecular flexibility index (Phi) is 4.42. The van der Waals surface area contributed by atoms with Crippen LogP contribution in [0.25, 0.3) is 10.8 Å². The third-order valence-electron chi connectivity index (χ3n) is 3.24. The van der Waals surface area contributed by atoms with Gasteiger partial charge in [0, 0.05) is 11.9 Å². The number of fused-ring (bicyclic) bond motifs is 1. The van der Waals surface area contributed by atoms with Crippen LogP contribution in [0.4, 0.5) is 0 Å². The molecule has 1 amide bonds. The van der Waals surface area contributed by atoms with Gasteiger partial charge in [-0.15, -0.1) is 0 Å². The van der Waals surface area contributed by atoms with E-state index in [4.69, 9.17) is 5.11 Å². The number of nitrogens with zero attached hydrogens (tertiary/aromatic N) is 1. The number of amides is 1. The van der Waals surface area contributed by atoms with Crippen molar-refractivity contribution in [3.63, 3.8) is 0 Å². The highest BCUT2D eigenvalue weighted by molar-refractivity contribution is 6.04. The molecular formula is C16H17NO4. The Balaban J connectivity index is 2.41. The molecule has 2 aromatic carbocycles. The molecule has 5 heteroatoms. The molecule has 0 saturated heterocycles. The van der Waals surface area contributed by atoms with Gasteiger partial charge in [-0.1, -0.05) is 37.3 Å². The lowest BCUT2D eigenvalue weighted by molar-refractivity contribution is -0.137. The zero-order valence-electron chi connectivity index (χ0n) is 11.7. The second-order valence-corrected chi connectivity index (χ2v) is 4.80. The SMILES string of the molecule is CCCN(CC(=O)O)C(=O)c1ccc2ccccc2c1O. The number of phenols is 1. The first-order valence-electron chi connectivity index (χ1n) is 6.76. The largest absolute Gasteiger partial charge is 0.506 e. The zero-order chi connectivity index (χ0) is 15.4. The second kappa shape index (κ2) is 6.26. The average molecular weight is 287 g/mol. The minimum absolute atomic E-state index is 0.107.